The first-order chi connectivity index (χ1) is 9.15. The van der Waals surface area contributed by atoms with E-state index < -0.39 is 6.04 Å². The van der Waals surface area contributed by atoms with Crippen LogP contribution in [0, 0.1) is 0 Å². The van der Waals surface area contributed by atoms with E-state index in [1.54, 1.807) is 13.1 Å². The number of aromatic nitrogens is 1. The number of halogens is 1. The van der Waals surface area contributed by atoms with E-state index in [2.05, 4.69) is 15.6 Å². The maximum absolute atomic E-state index is 12.5. The molecule has 1 aliphatic rings. The van der Waals surface area contributed by atoms with Gasteiger partial charge in [0, 0.05) is 39.1 Å². The van der Waals surface area contributed by atoms with Gasteiger partial charge < -0.3 is 15.5 Å². The van der Waals surface area contributed by atoms with Crippen LogP contribution in [-0.4, -0.2) is 54.4 Å². The molecule has 0 aliphatic carbocycles. The van der Waals surface area contributed by atoms with Crippen molar-refractivity contribution in [2.45, 2.75) is 6.04 Å². The van der Waals surface area contributed by atoms with Crippen molar-refractivity contribution in [2.75, 3.05) is 26.7 Å². The lowest BCUT2D eigenvalue weighted by atomic mass is 10.1. The van der Waals surface area contributed by atoms with Crippen LogP contribution in [0.25, 0.3) is 0 Å². The first-order valence-electron chi connectivity index (χ1n) is 5.98. The van der Waals surface area contributed by atoms with Crippen LogP contribution in [0.15, 0.2) is 18.5 Å². The van der Waals surface area contributed by atoms with Gasteiger partial charge in [-0.15, -0.1) is 0 Å². The van der Waals surface area contributed by atoms with Gasteiger partial charge in [-0.1, -0.05) is 11.6 Å². The molecular weight excluding hydrogens is 268 g/mol. The number of piperazine rings is 1. The molecule has 0 spiro atoms. The summed E-state index contributed by atoms with van der Waals surface area (Å²) in [6.45, 7) is 1.56. The molecule has 0 bridgehead atoms. The molecule has 2 amide bonds. The van der Waals surface area contributed by atoms with Crippen LogP contribution in [-0.2, 0) is 4.79 Å². The zero-order valence-electron chi connectivity index (χ0n) is 10.5. The highest BCUT2D eigenvalue weighted by atomic mass is 35.5. The van der Waals surface area contributed by atoms with E-state index in [0.29, 0.717) is 30.2 Å². The molecular formula is C12H15ClN4O2. The third-order valence-corrected chi connectivity index (χ3v) is 3.36. The summed E-state index contributed by atoms with van der Waals surface area (Å²) in [5, 5.41) is 5.96. The molecule has 1 aromatic rings. The molecule has 2 N–H and O–H groups in total. The van der Waals surface area contributed by atoms with Crippen molar-refractivity contribution in [3.8, 4) is 0 Å². The molecule has 0 radical (unpaired) electrons. The second-order valence-electron chi connectivity index (χ2n) is 4.19. The molecule has 1 aliphatic heterocycles. The van der Waals surface area contributed by atoms with E-state index in [-0.39, 0.29) is 11.8 Å². The molecule has 0 saturated carbocycles. The monoisotopic (exact) mass is 282 g/mol. The number of amides is 2. The Balaban J connectivity index is 2.25. The number of nitrogens with one attached hydrogen (secondary N) is 2. The Hall–Kier alpha value is -1.66. The van der Waals surface area contributed by atoms with Crippen LogP contribution in [0.2, 0.25) is 5.02 Å². The van der Waals surface area contributed by atoms with Crippen molar-refractivity contribution in [1.29, 1.82) is 0 Å². The van der Waals surface area contributed by atoms with Crippen LogP contribution < -0.4 is 10.6 Å². The lowest BCUT2D eigenvalue weighted by molar-refractivity contribution is -0.125. The molecule has 7 heteroatoms. The lowest BCUT2D eigenvalue weighted by Crippen LogP contribution is -2.59. The number of carbonyl (C=O) groups is 2. The van der Waals surface area contributed by atoms with Crippen molar-refractivity contribution in [3.63, 3.8) is 0 Å². The number of hydrogen-bond acceptors (Lipinski definition) is 4. The Bertz CT molecular complexity index is 494. The van der Waals surface area contributed by atoms with E-state index in [0.717, 1.165) is 0 Å². The van der Waals surface area contributed by atoms with Gasteiger partial charge in [-0.05, 0) is 6.07 Å². The van der Waals surface area contributed by atoms with Crippen molar-refractivity contribution in [2.24, 2.45) is 0 Å². The van der Waals surface area contributed by atoms with E-state index in [9.17, 15) is 9.59 Å². The topological polar surface area (TPSA) is 74.3 Å². The first kappa shape index (κ1) is 13.8. The molecule has 1 unspecified atom stereocenters. The largest absolute Gasteiger partial charge is 0.357 e. The molecule has 19 heavy (non-hydrogen) atoms. The third kappa shape index (κ3) is 2.85. The van der Waals surface area contributed by atoms with Crippen LogP contribution >= 0.6 is 11.6 Å². The highest BCUT2D eigenvalue weighted by molar-refractivity contribution is 6.33. The summed E-state index contributed by atoms with van der Waals surface area (Å²) in [7, 11) is 1.55. The van der Waals surface area contributed by atoms with Gasteiger partial charge in [0.05, 0.1) is 10.6 Å². The number of hydrogen-bond donors (Lipinski definition) is 2. The van der Waals surface area contributed by atoms with Crippen molar-refractivity contribution in [3.05, 3.63) is 29.0 Å². The van der Waals surface area contributed by atoms with E-state index in [1.165, 1.54) is 17.3 Å². The molecule has 1 aromatic heterocycles. The number of carbonyl (C=O) groups excluding carboxylic acids is 2. The Morgan fingerprint density at radius 1 is 1.58 bits per heavy atom. The quantitative estimate of drug-likeness (QED) is 0.794. The summed E-state index contributed by atoms with van der Waals surface area (Å²) in [6, 6.07) is 1.05. The van der Waals surface area contributed by atoms with Crippen molar-refractivity contribution >= 4 is 23.4 Å². The van der Waals surface area contributed by atoms with E-state index in [1.807, 2.05) is 0 Å². The molecule has 1 atom stereocenters. The van der Waals surface area contributed by atoms with Gasteiger partial charge >= 0.3 is 0 Å². The Kier molecular flexibility index (Phi) is 4.34. The van der Waals surface area contributed by atoms with Gasteiger partial charge in [-0.25, -0.2) is 0 Å². The van der Waals surface area contributed by atoms with Crippen LogP contribution in [0.5, 0.6) is 0 Å². The molecule has 1 saturated heterocycles. The minimum Gasteiger partial charge on any atom is -0.357 e. The fourth-order valence-electron chi connectivity index (χ4n) is 2.05. The summed E-state index contributed by atoms with van der Waals surface area (Å²) >= 11 is 5.97. The smallest absolute Gasteiger partial charge is 0.256 e. The van der Waals surface area contributed by atoms with E-state index in [4.69, 9.17) is 11.6 Å². The molecule has 102 valence electrons. The standard InChI is InChI=1S/C12H15ClN4O2/c1-14-11(18)10-7-16-4-5-17(10)12(19)8-2-3-15-6-9(8)13/h2-3,6,10,16H,4-5,7H2,1H3,(H,14,18). The average Bonchev–Trinajstić information content (AvgIpc) is 2.46. The molecule has 6 nitrogen and oxygen atoms in total. The summed E-state index contributed by atoms with van der Waals surface area (Å²) in [6.07, 6.45) is 2.93. The summed E-state index contributed by atoms with van der Waals surface area (Å²) in [5.74, 6) is -0.437. The molecule has 1 fully saturated rings. The zero-order valence-corrected chi connectivity index (χ0v) is 11.3. The van der Waals surface area contributed by atoms with Gasteiger partial charge in [0.25, 0.3) is 5.91 Å². The number of nitrogens with zero attached hydrogens (tertiary/aromatic N) is 2. The Morgan fingerprint density at radius 2 is 2.37 bits per heavy atom. The fourth-order valence-corrected chi connectivity index (χ4v) is 2.25. The van der Waals surface area contributed by atoms with Crippen molar-refractivity contribution in [1.82, 2.24) is 20.5 Å². The maximum atomic E-state index is 12.5. The van der Waals surface area contributed by atoms with Gasteiger partial charge in [-0.2, -0.15) is 0 Å². The zero-order chi connectivity index (χ0) is 13.8. The van der Waals surface area contributed by atoms with E-state index >= 15 is 0 Å². The Labute approximate surface area is 116 Å². The van der Waals surface area contributed by atoms with Gasteiger partial charge in [0.2, 0.25) is 5.91 Å². The van der Waals surface area contributed by atoms with Crippen LogP contribution in [0.3, 0.4) is 0 Å². The van der Waals surface area contributed by atoms with Crippen LogP contribution in [0.1, 0.15) is 10.4 Å². The number of likely N-dealkylation sites (N-methyl/N-ethyl adjacent to an activating group) is 1. The van der Waals surface area contributed by atoms with Gasteiger partial charge in [-0.3, -0.25) is 14.6 Å². The predicted molar refractivity (Wildman–Crippen MR) is 71.0 cm³/mol. The third-order valence-electron chi connectivity index (χ3n) is 3.06. The fraction of sp³-hybridized carbons (Fsp3) is 0.417. The SMILES string of the molecule is CNC(=O)C1CNCCN1C(=O)c1ccncc1Cl. The number of pyridine rings is 1. The average molecular weight is 283 g/mol. The second-order valence-corrected chi connectivity index (χ2v) is 4.60. The maximum Gasteiger partial charge on any atom is 0.256 e. The minimum atomic E-state index is -0.518. The summed E-state index contributed by atoms with van der Waals surface area (Å²) in [4.78, 5) is 29.7. The highest BCUT2D eigenvalue weighted by Gasteiger charge is 2.32. The lowest BCUT2D eigenvalue weighted by Gasteiger charge is -2.35. The summed E-state index contributed by atoms with van der Waals surface area (Å²) in [5.41, 5.74) is 0.368. The normalized spacial score (nSPS) is 19.1. The molecule has 2 rings (SSSR count). The van der Waals surface area contributed by atoms with Crippen LogP contribution in [0.4, 0.5) is 0 Å². The summed E-state index contributed by atoms with van der Waals surface area (Å²) < 4.78 is 0. The molecule has 0 aromatic carbocycles. The molecule has 2 heterocycles. The Morgan fingerprint density at radius 3 is 3.05 bits per heavy atom. The minimum absolute atomic E-state index is 0.189. The van der Waals surface area contributed by atoms with Gasteiger partial charge in [0.15, 0.2) is 0 Å². The van der Waals surface area contributed by atoms with Crippen molar-refractivity contribution < 1.29 is 9.59 Å². The highest BCUT2D eigenvalue weighted by Crippen LogP contribution is 2.18. The van der Waals surface area contributed by atoms with Gasteiger partial charge in [0.1, 0.15) is 6.04 Å². The first-order valence-corrected chi connectivity index (χ1v) is 6.35. The second kappa shape index (κ2) is 5.99. The predicted octanol–water partition coefficient (Wildman–Crippen LogP) is -0.105. The number of rotatable bonds is 2.